The number of carbonyl (C=O) groups excluding carboxylic acids is 3. The standard InChI is InChI=1S/C25H24FN3O3S/c1-25(2,3)18-8-4-16(5-9-18)23(31)28-24(32)29-33-21-14-12-20(13-15-21)27-22(30)17-6-10-19(26)11-7-17/h4-15H,1-3H3,(H,27,30)(H2,28,29,31,32). The van der Waals surface area contributed by atoms with Crippen LogP contribution in [0.5, 0.6) is 0 Å². The number of urea groups is 1. The van der Waals surface area contributed by atoms with Crippen LogP contribution in [0.15, 0.2) is 77.7 Å². The number of amides is 4. The van der Waals surface area contributed by atoms with Crippen LogP contribution >= 0.6 is 11.9 Å². The van der Waals surface area contributed by atoms with E-state index in [1.54, 1.807) is 36.4 Å². The summed E-state index contributed by atoms with van der Waals surface area (Å²) in [6.07, 6.45) is 0. The third kappa shape index (κ3) is 6.92. The number of benzene rings is 3. The average molecular weight is 466 g/mol. The molecular formula is C25H24FN3O3S. The molecule has 0 saturated carbocycles. The van der Waals surface area contributed by atoms with E-state index < -0.39 is 17.8 Å². The highest BCUT2D eigenvalue weighted by Crippen LogP contribution is 2.22. The summed E-state index contributed by atoms with van der Waals surface area (Å²) < 4.78 is 15.5. The van der Waals surface area contributed by atoms with Crippen molar-refractivity contribution in [3.63, 3.8) is 0 Å². The summed E-state index contributed by atoms with van der Waals surface area (Å²) in [5.41, 5.74) is 2.35. The number of halogens is 1. The minimum Gasteiger partial charge on any atom is -0.322 e. The highest BCUT2D eigenvalue weighted by atomic mass is 32.2. The lowest BCUT2D eigenvalue weighted by molar-refractivity contribution is 0.0964. The van der Waals surface area contributed by atoms with Gasteiger partial charge in [-0.1, -0.05) is 32.9 Å². The summed E-state index contributed by atoms with van der Waals surface area (Å²) in [4.78, 5) is 37.2. The first-order chi connectivity index (χ1) is 15.6. The van der Waals surface area contributed by atoms with Crippen molar-refractivity contribution >= 4 is 35.5 Å². The molecule has 6 nitrogen and oxygen atoms in total. The maximum atomic E-state index is 13.0. The molecule has 0 aliphatic heterocycles. The van der Waals surface area contributed by atoms with Gasteiger partial charge in [0.1, 0.15) is 5.82 Å². The Kier molecular flexibility index (Phi) is 7.50. The second kappa shape index (κ2) is 10.3. The zero-order chi connectivity index (χ0) is 24.0. The lowest BCUT2D eigenvalue weighted by atomic mass is 9.87. The Morgan fingerprint density at radius 3 is 1.88 bits per heavy atom. The van der Waals surface area contributed by atoms with Crippen LogP contribution in [0.1, 0.15) is 47.1 Å². The molecule has 0 unspecified atom stereocenters. The molecule has 0 aliphatic rings. The molecule has 0 atom stereocenters. The summed E-state index contributed by atoms with van der Waals surface area (Å²) in [5, 5.41) is 5.00. The van der Waals surface area contributed by atoms with Gasteiger partial charge in [-0.3, -0.25) is 19.6 Å². The molecule has 0 bridgehead atoms. The Balaban J connectivity index is 1.48. The first-order valence-corrected chi connectivity index (χ1v) is 11.0. The van der Waals surface area contributed by atoms with Crippen molar-refractivity contribution in [3.8, 4) is 0 Å². The Bertz CT molecular complexity index is 1140. The fourth-order valence-corrected chi connectivity index (χ4v) is 3.37. The Labute approximate surface area is 196 Å². The summed E-state index contributed by atoms with van der Waals surface area (Å²) in [6, 6.07) is 18.5. The van der Waals surface area contributed by atoms with Crippen LogP contribution in [0.3, 0.4) is 0 Å². The molecule has 3 N–H and O–H groups in total. The van der Waals surface area contributed by atoms with E-state index in [0.29, 0.717) is 21.7 Å². The van der Waals surface area contributed by atoms with E-state index in [-0.39, 0.29) is 11.3 Å². The lowest BCUT2D eigenvalue weighted by Gasteiger charge is -2.19. The van der Waals surface area contributed by atoms with E-state index >= 15 is 0 Å². The Morgan fingerprint density at radius 1 is 0.758 bits per heavy atom. The van der Waals surface area contributed by atoms with E-state index in [4.69, 9.17) is 0 Å². The first kappa shape index (κ1) is 24.0. The topological polar surface area (TPSA) is 87.3 Å². The summed E-state index contributed by atoms with van der Waals surface area (Å²) >= 11 is 1.03. The molecule has 0 aromatic heterocycles. The first-order valence-electron chi connectivity index (χ1n) is 10.2. The smallest absolute Gasteiger partial charge is 0.322 e. The van der Waals surface area contributed by atoms with Gasteiger partial charge in [0.2, 0.25) is 0 Å². The van der Waals surface area contributed by atoms with Crippen molar-refractivity contribution in [1.82, 2.24) is 10.0 Å². The minimum absolute atomic E-state index is 0.0255. The third-order valence-electron chi connectivity index (χ3n) is 4.72. The molecule has 3 rings (SSSR count). The largest absolute Gasteiger partial charge is 0.331 e. The van der Waals surface area contributed by atoms with E-state index in [0.717, 1.165) is 17.5 Å². The average Bonchev–Trinajstić information content (AvgIpc) is 2.78. The molecule has 0 aliphatic carbocycles. The van der Waals surface area contributed by atoms with Gasteiger partial charge in [-0.05, 0) is 83.6 Å². The van der Waals surface area contributed by atoms with Crippen molar-refractivity contribution in [2.45, 2.75) is 31.1 Å². The quantitative estimate of drug-likeness (QED) is 0.433. The fourth-order valence-electron chi connectivity index (χ4n) is 2.84. The molecule has 0 spiro atoms. The molecule has 4 amide bonds. The van der Waals surface area contributed by atoms with E-state index in [2.05, 4.69) is 36.1 Å². The zero-order valence-corrected chi connectivity index (χ0v) is 19.3. The van der Waals surface area contributed by atoms with Crippen molar-refractivity contribution in [2.24, 2.45) is 0 Å². The van der Waals surface area contributed by atoms with Crippen molar-refractivity contribution in [2.75, 3.05) is 5.32 Å². The van der Waals surface area contributed by atoms with Crippen LogP contribution in [0.4, 0.5) is 14.9 Å². The predicted molar refractivity (Wildman–Crippen MR) is 128 cm³/mol. The van der Waals surface area contributed by atoms with Crippen LogP contribution in [0.25, 0.3) is 0 Å². The van der Waals surface area contributed by atoms with Gasteiger partial charge in [-0.25, -0.2) is 9.18 Å². The Hall–Kier alpha value is -3.65. The second-order valence-electron chi connectivity index (χ2n) is 8.30. The number of nitrogens with one attached hydrogen (secondary N) is 3. The molecule has 3 aromatic carbocycles. The van der Waals surface area contributed by atoms with Crippen LogP contribution in [-0.4, -0.2) is 17.8 Å². The van der Waals surface area contributed by atoms with E-state index in [9.17, 15) is 18.8 Å². The van der Waals surface area contributed by atoms with Crippen molar-refractivity contribution in [1.29, 1.82) is 0 Å². The lowest BCUT2D eigenvalue weighted by Crippen LogP contribution is -2.36. The SMILES string of the molecule is CC(C)(C)c1ccc(C(=O)NC(=O)NSc2ccc(NC(=O)c3ccc(F)cc3)cc2)cc1. The van der Waals surface area contributed by atoms with Gasteiger partial charge in [0.15, 0.2) is 0 Å². The highest BCUT2D eigenvalue weighted by molar-refractivity contribution is 7.98. The second-order valence-corrected chi connectivity index (χ2v) is 9.18. The zero-order valence-electron chi connectivity index (χ0n) is 18.4. The fraction of sp³-hybridized carbons (Fsp3) is 0.160. The van der Waals surface area contributed by atoms with E-state index in [1.165, 1.54) is 24.3 Å². The van der Waals surface area contributed by atoms with Gasteiger partial charge in [-0.2, -0.15) is 0 Å². The van der Waals surface area contributed by atoms with Crippen molar-refractivity contribution in [3.05, 3.63) is 95.3 Å². The summed E-state index contributed by atoms with van der Waals surface area (Å²) in [7, 11) is 0. The van der Waals surface area contributed by atoms with Gasteiger partial charge in [0.05, 0.1) is 0 Å². The number of rotatable bonds is 5. The van der Waals surface area contributed by atoms with Crippen LogP contribution < -0.4 is 15.4 Å². The van der Waals surface area contributed by atoms with Crippen LogP contribution in [0.2, 0.25) is 0 Å². The number of carbonyl (C=O) groups is 3. The molecule has 3 aromatic rings. The van der Waals surface area contributed by atoms with Gasteiger partial charge in [0, 0.05) is 21.7 Å². The number of imide groups is 1. The van der Waals surface area contributed by atoms with Gasteiger partial charge >= 0.3 is 6.03 Å². The van der Waals surface area contributed by atoms with Crippen LogP contribution in [-0.2, 0) is 5.41 Å². The minimum atomic E-state index is -0.640. The third-order valence-corrected chi connectivity index (χ3v) is 5.52. The predicted octanol–water partition coefficient (Wildman–Crippen LogP) is 5.52. The maximum absolute atomic E-state index is 13.0. The summed E-state index contributed by atoms with van der Waals surface area (Å²) in [6.45, 7) is 6.25. The maximum Gasteiger partial charge on any atom is 0.331 e. The van der Waals surface area contributed by atoms with E-state index in [1.807, 2.05) is 12.1 Å². The van der Waals surface area contributed by atoms with Gasteiger partial charge < -0.3 is 5.32 Å². The van der Waals surface area contributed by atoms with Crippen LogP contribution in [0, 0.1) is 5.82 Å². The number of anilines is 1. The monoisotopic (exact) mass is 465 g/mol. The summed E-state index contributed by atoms with van der Waals surface area (Å²) in [5.74, 6) is -1.26. The molecule has 0 saturated heterocycles. The molecule has 0 heterocycles. The van der Waals surface area contributed by atoms with Gasteiger partial charge in [-0.15, -0.1) is 0 Å². The molecule has 8 heteroatoms. The molecule has 0 fully saturated rings. The van der Waals surface area contributed by atoms with Crippen molar-refractivity contribution < 1.29 is 18.8 Å². The normalized spacial score (nSPS) is 10.9. The number of hydrogen-bond acceptors (Lipinski definition) is 4. The Morgan fingerprint density at radius 2 is 1.30 bits per heavy atom. The molecule has 170 valence electrons. The molecule has 33 heavy (non-hydrogen) atoms. The molecule has 0 radical (unpaired) electrons. The highest BCUT2D eigenvalue weighted by Gasteiger charge is 2.15. The molecular weight excluding hydrogens is 441 g/mol. The number of hydrogen-bond donors (Lipinski definition) is 3. The van der Waals surface area contributed by atoms with Gasteiger partial charge in [0.25, 0.3) is 11.8 Å².